The highest BCUT2D eigenvalue weighted by atomic mass is 35.5. The number of rotatable bonds is 3. The fourth-order valence-electron chi connectivity index (χ4n) is 2.89. The highest BCUT2D eigenvalue weighted by molar-refractivity contribution is 6.30. The Morgan fingerprint density at radius 2 is 2.00 bits per heavy atom. The van der Waals surface area contributed by atoms with Crippen molar-refractivity contribution in [2.24, 2.45) is 0 Å². The Kier molecular flexibility index (Phi) is 5.40. The summed E-state index contributed by atoms with van der Waals surface area (Å²) in [5.41, 5.74) is -1.15. The van der Waals surface area contributed by atoms with Gasteiger partial charge < -0.3 is 9.64 Å². The number of carbonyl (C=O) groups is 2. The second kappa shape index (κ2) is 7.51. The molecule has 0 N–H and O–H groups in total. The van der Waals surface area contributed by atoms with Gasteiger partial charge in [-0.15, -0.1) is 0 Å². The third-order valence-corrected chi connectivity index (χ3v) is 4.51. The van der Waals surface area contributed by atoms with Crippen LogP contribution in [0.25, 0.3) is 0 Å². The van der Waals surface area contributed by atoms with E-state index in [1.165, 1.54) is 26.1 Å². The molecule has 2 amide bonds. The zero-order chi connectivity index (χ0) is 21.5. The number of hydrogen-bond acceptors (Lipinski definition) is 4. The van der Waals surface area contributed by atoms with Crippen molar-refractivity contribution in [3.8, 4) is 0 Å². The zero-order valence-corrected chi connectivity index (χ0v) is 15.9. The Morgan fingerprint density at radius 3 is 2.62 bits per heavy atom. The van der Waals surface area contributed by atoms with Crippen LogP contribution in [0.15, 0.2) is 30.3 Å². The number of aryl methyl sites for hydroxylation is 1. The molecule has 0 radical (unpaired) electrons. The third kappa shape index (κ3) is 4.12. The lowest BCUT2D eigenvalue weighted by Crippen LogP contribution is -2.47. The topological polar surface area (TPSA) is 62.7 Å². The van der Waals surface area contributed by atoms with Crippen LogP contribution in [0.4, 0.5) is 33.9 Å². The second-order valence-electron chi connectivity index (χ2n) is 6.31. The summed E-state index contributed by atoms with van der Waals surface area (Å²) in [5, 5.41) is 0.122. The lowest BCUT2D eigenvalue weighted by atomic mass is 10.2. The zero-order valence-electron chi connectivity index (χ0n) is 15.1. The van der Waals surface area contributed by atoms with Gasteiger partial charge in [0.15, 0.2) is 6.04 Å². The van der Waals surface area contributed by atoms with Gasteiger partial charge in [0.25, 0.3) is 5.91 Å². The number of alkyl halides is 3. The number of pyridine rings is 1. The molecule has 0 spiro atoms. The molecule has 0 aliphatic carbocycles. The minimum absolute atomic E-state index is 0.00201. The number of anilines is 2. The van der Waals surface area contributed by atoms with Crippen LogP contribution in [0.5, 0.6) is 0 Å². The summed E-state index contributed by atoms with van der Waals surface area (Å²) in [6.07, 6.45) is -5.70. The Labute approximate surface area is 167 Å². The number of cyclic esters (lactones) is 1. The van der Waals surface area contributed by atoms with Gasteiger partial charge in [-0.25, -0.2) is 19.1 Å². The van der Waals surface area contributed by atoms with Crippen LogP contribution in [0, 0.1) is 12.7 Å². The fraction of sp³-hybridized carbons (Fsp3) is 0.278. The maximum absolute atomic E-state index is 14.2. The van der Waals surface area contributed by atoms with E-state index < -0.39 is 42.2 Å². The average molecular weight is 432 g/mol. The molecule has 0 bridgehead atoms. The van der Waals surface area contributed by atoms with E-state index in [4.69, 9.17) is 16.3 Å². The van der Waals surface area contributed by atoms with E-state index in [1.54, 1.807) is 0 Å². The molecule has 2 heterocycles. The van der Waals surface area contributed by atoms with E-state index in [0.717, 1.165) is 21.9 Å². The van der Waals surface area contributed by atoms with E-state index >= 15 is 0 Å². The minimum atomic E-state index is -4.67. The molecular formula is C18H14ClF4N3O3. The Hall–Kier alpha value is -2.88. The molecule has 1 atom stereocenters. The summed E-state index contributed by atoms with van der Waals surface area (Å²) in [5.74, 6) is -1.93. The summed E-state index contributed by atoms with van der Waals surface area (Å²) in [7, 11) is 1.26. The quantitative estimate of drug-likeness (QED) is 0.684. The molecule has 1 unspecified atom stereocenters. The molecule has 11 heteroatoms. The molecule has 154 valence electrons. The SMILES string of the molecule is Cc1cc(C(F)(F)F)cc(N2C(=O)OCC2C(=O)N(C)c2ccc(Cl)cc2F)n1. The maximum atomic E-state index is 14.2. The van der Waals surface area contributed by atoms with Crippen LogP contribution in [0.3, 0.4) is 0 Å². The minimum Gasteiger partial charge on any atom is -0.446 e. The summed E-state index contributed by atoms with van der Waals surface area (Å²) in [6.45, 7) is 0.903. The summed E-state index contributed by atoms with van der Waals surface area (Å²) in [6, 6.07) is 3.80. The lowest BCUT2D eigenvalue weighted by molar-refractivity contribution is -0.137. The van der Waals surface area contributed by atoms with Crippen LogP contribution in [0.1, 0.15) is 11.3 Å². The van der Waals surface area contributed by atoms with E-state index in [0.29, 0.717) is 6.07 Å². The van der Waals surface area contributed by atoms with E-state index in [9.17, 15) is 27.2 Å². The Morgan fingerprint density at radius 1 is 1.31 bits per heavy atom. The third-order valence-electron chi connectivity index (χ3n) is 4.27. The van der Waals surface area contributed by atoms with Crippen LogP contribution in [-0.4, -0.2) is 36.7 Å². The van der Waals surface area contributed by atoms with Gasteiger partial charge in [-0.3, -0.25) is 4.79 Å². The second-order valence-corrected chi connectivity index (χ2v) is 6.75. The molecule has 1 aliphatic heterocycles. The van der Waals surface area contributed by atoms with Crippen molar-refractivity contribution in [2.45, 2.75) is 19.1 Å². The van der Waals surface area contributed by atoms with Gasteiger partial charge in [0.2, 0.25) is 0 Å². The molecule has 6 nitrogen and oxygen atoms in total. The first-order chi connectivity index (χ1) is 13.5. The fourth-order valence-corrected chi connectivity index (χ4v) is 3.05. The van der Waals surface area contributed by atoms with Crippen molar-refractivity contribution >= 4 is 35.1 Å². The first-order valence-electron chi connectivity index (χ1n) is 8.23. The molecule has 0 saturated carbocycles. The van der Waals surface area contributed by atoms with Crippen molar-refractivity contribution in [3.05, 3.63) is 52.4 Å². The number of ether oxygens (including phenoxy) is 1. The van der Waals surface area contributed by atoms with Gasteiger partial charge >= 0.3 is 12.3 Å². The van der Waals surface area contributed by atoms with Gasteiger partial charge in [-0.1, -0.05) is 11.6 Å². The number of hydrogen-bond donors (Lipinski definition) is 0. The van der Waals surface area contributed by atoms with Crippen LogP contribution in [-0.2, 0) is 15.7 Å². The van der Waals surface area contributed by atoms with Gasteiger partial charge in [0.05, 0.1) is 11.3 Å². The number of nitrogens with zero attached hydrogens (tertiary/aromatic N) is 3. The van der Waals surface area contributed by atoms with Gasteiger partial charge in [-0.05, 0) is 37.3 Å². The number of amides is 2. The Balaban J connectivity index is 1.97. The molecule has 1 aliphatic rings. The van der Waals surface area contributed by atoms with Gasteiger partial charge in [-0.2, -0.15) is 13.2 Å². The normalized spacial score (nSPS) is 16.7. The largest absolute Gasteiger partial charge is 0.446 e. The van der Waals surface area contributed by atoms with Crippen LogP contribution in [0.2, 0.25) is 5.02 Å². The number of halogens is 5. The molecule has 2 aromatic rings. The van der Waals surface area contributed by atoms with Crippen molar-refractivity contribution in [1.82, 2.24) is 4.98 Å². The predicted molar refractivity (Wildman–Crippen MR) is 96.4 cm³/mol. The highest BCUT2D eigenvalue weighted by Crippen LogP contribution is 2.33. The van der Waals surface area contributed by atoms with Gasteiger partial charge in [0, 0.05) is 17.8 Å². The number of benzene rings is 1. The Bertz CT molecular complexity index is 983. The van der Waals surface area contributed by atoms with Crippen LogP contribution >= 0.6 is 11.6 Å². The van der Waals surface area contributed by atoms with Crippen molar-refractivity contribution in [2.75, 3.05) is 23.5 Å². The first kappa shape index (κ1) is 20.8. The lowest BCUT2D eigenvalue weighted by Gasteiger charge is -2.26. The van der Waals surface area contributed by atoms with Crippen molar-refractivity contribution in [3.63, 3.8) is 0 Å². The van der Waals surface area contributed by atoms with Gasteiger partial charge in [0.1, 0.15) is 18.2 Å². The summed E-state index contributed by atoms with van der Waals surface area (Å²) < 4.78 is 58.4. The van der Waals surface area contributed by atoms with Crippen LogP contribution < -0.4 is 9.80 Å². The maximum Gasteiger partial charge on any atom is 0.416 e. The number of carbonyl (C=O) groups excluding carboxylic acids is 2. The van der Waals surface area contributed by atoms with Crippen molar-refractivity contribution < 1.29 is 31.9 Å². The predicted octanol–water partition coefficient (Wildman–Crippen LogP) is 4.19. The summed E-state index contributed by atoms with van der Waals surface area (Å²) >= 11 is 5.70. The monoisotopic (exact) mass is 431 g/mol. The average Bonchev–Trinajstić information content (AvgIpc) is 3.01. The molecular weight excluding hydrogens is 418 g/mol. The smallest absolute Gasteiger partial charge is 0.416 e. The standard InChI is InChI=1S/C18H14ClF4N3O3/c1-9-5-10(18(21,22)23)6-15(24-9)26-14(8-29-17(26)28)16(27)25(2)13-4-3-11(19)7-12(13)20/h3-7,14H,8H2,1-2H3. The van der Waals surface area contributed by atoms with E-state index in [-0.39, 0.29) is 22.2 Å². The highest BCUT2D eigenvalue weighted by Gasteiger charge is 2.43. The van der Waals surface area contributed by atoms with E-state index in [2.05, 4.69) is 4.98 Å². The molecule has 3 rings (SSSR count). The number of aromatic nitrogens is 1. The molecule has 29 heavy (non-hydrogen) atoms. The molecule has 1 aromatic heterocycles. The number of likely N-dealkylation sites (N-methyl/N-ethyl adjacent to an activating group) is 1. The molecule has 1 aromatic carbocycles. The molecule has 1 saturated heterocycles. The van der Waals surface area contributed by atoms with E-state index in [1.807, 2.05) is 0 Å². The summed E-state index contributed by atoms with van der Waals surface area (Å²) in [4.78, 5) is 30.6. The van der Waals surface area contributed by atoms with Crippen molar-refractivity contribution in [1.29, 1.82) is 0 Å². The molecule has 1 fully saturated rings. The first-order valence-corrected chi connectivity index (χ1v) is 8.61.